The highest BCUT2D eigenvalue weighted by molar-refractivity contribution is 5.97. The van der Waals surface area contributed by atoms with Crippen molar-refractivity contribution >= 4 is 5.78 Å². The van der Waals surface area contributed by atoms with Crippen molar-refractivity contribution in [3.05, 3.63) is 24.2 Å². The summed E-state index contributed by atoms with van der Waals surface area (Å²) in [6.45, 7) is 0. The minimum Gasteiger partial charge on any atom is -0.461 e. The van der Waals surface area contributed by atoms with E-state index in [-0.39, 0.29) is 17.6 Å². The van der Waals surface area contributed by atoms with E-state index in [2.05, 4.69) is 5.92 Å². The predicted octanol–water partition coefficient (Wildman–Crippen LogP) is 1.73. The molecule has 0 saturated heterocycles. The zero-order chi connectivity index (χ0) is 8.55. The van der Waals surface area contributed by atoms with Crippen LogP contribution in [0.4, 0.5) is 0 Å². The summed E-state index contributed by atoms with van der Waals surface area (Å²) in [4.78, 5) is 11.4. The van der Waals surface area contributed by atoms with Crippen molar-refractivity contribution in [3.63, 3.8) is 0 Å². The second-order valence-electron chi connectivity index (χ2n) is 2.96. The first-order chi connectivity index (χ1) is 5.83. The Morgan fingerprint density at radius 2 is 2.58 bits per heavy atom. The van der Waals surface area contributed by atoms with E-state index in [4.69, 9.17) is 10.8 Å². The number of ketones is 1. The van der Waals surface area contributed by atoms with Crippen LogP contribution in [0.3, 0.4) is 0 Å². The summed E-state index contributed by atoms with van der Waals surface area (Å²) in [5, 5.41) is 0. The molecule has 1 aliphatic carbocycles. The van der Waals surface area contributed by atoms with Crippen LogP contribution in [-0.2, 0) is 0 Å². The molecule has 0 amide bonds. The van der Waals surface area contributed by atoms with Crippen molar-refractivity contribution in [2.45, 2.75) is 6.42 Å². The third kappa shape index (κ3) is 1.04. The van der Waals surface area contributed by atoms with Crippen LogP contribution in [0.25, 0.3) is 0 Å². The second-order valence-corrected chi connectivity index (χ2v) is 2.96. The van der Waals surface area contributed by atoms with Crippen LogP contribution >= 0.6 is 0 Å². The van der Waals surface area contributed by atoms with E-state index in [9.17, 15) is 4.79 Å². The van der Waals surface area contributed by atoms with Gasteiger partial charge >= 0.3 is 0 Å². The molecule has 2 heteroatoms. The first-order valence-corrected chi connectivity index (χ1v) is 3.87. The zero-order valence-electron chi connectivity index (χ0n) is 6.49. The molecule has 1 fully saturated rings. The quantitative estimate of drug-likeness (QED) is 0.487. The van der Waals surface area contributed by atoms with E-state index in [0.29, 0.717) is 5.76 Å². The molecule has 60 valence electrons. The number of hydrogen-bond acceptors (Lipinski definition) is 2. The molecule has 0 bridgehead atoms. The predicted molar refractivity (Wildman–Crippen MR) is 43.5 cm³/mol. The summed E-state index contributed by atoms with van der Waals surface area (Å²) in [6.07, 6.45) is 7.50. The van der Waals surface area contributed by atoms with Gasteiger partial charge in [-0.15, -0.1) is 12.3 Å². The number of rotatable bonds is 2. The van der Waals surface area contributed by atoms with Crippen LogP contribution < -0.4 is 0 Å². The van der Waals surface area contributed by atoms with Gasteiger partial charge in [-0.2, -0.15) is 0 Å². The van der Waals surface area contributed by atoms with Crippen molar-refractivity contribution in [1.29, 1.82) is 0 Å². The van der Waals surface area contributed by atoms with Gasteiger partial charge < -0.3 is 4.42 Å². The van der Waals surface area contributed by atoms with Crippen LogP contribution in [0.2, 0.25) is 0 Å². The van der Waals surface area contributed by atoms with Gasteiger partial charge in [-0.25, -0.2) is 0 Å². The highest BCUT2D eigenvalue weighted by Gasteiger charge is 2.42. The Hall–Kier alpha value is -1.49. The average molecular weight is 160 g/mol. The van der Waals surface area contributed by atoms with Gasteiger partial charge in [0.1, 0.15) is 0 Å². The normalized spacial score (nSPS) is 26.2. The molecule has 12 heavy (non-hydrogen) atoms. The fourth-order valence-electron chi connectivity index (χ4n) is 1.27. The van der Waals surface area contributed by atoms with Crippen LogP contribution in [0, 0.1) is 24.2 Å². The molecule has 0 aromatic carbocycles. The number of hydrogen-bond donors (Lipinski definition) is 0. The van der Waals surface area contributed by atoms with Crippen LogP contribution in [0.15, 0.2) is 22.8 Å². The number of Topliss-reactive ketones (excluding diaryl/α,β-unsaturated/α-hetero) is 1. The maximum atomic E-state index is 11.4. The average Bonchev–Trinajstić information content (AvgIpc) is 2.68. The number of carbonyl (C=O) groups excluding carboxylic acids is 1. The van der Waals surface area contributed by atoms with Crippen molar-refractivity contribution < 1.29 is 9.21 Å². The monoisotopic (exact) mass is 160 g/mol. The molecule has 0 radical (unpaired) electrons. The summed E-state index contributed by atoms with van der Waals surface area (Å²) in [5.41, 5.74) is 0. The Labute approximate surface area is 70.6 Å². The van der Waals surface area contributed by atoms with Crippen molar-refractivity contribution in [2.24, 2.45) is 11.8 Å². The molecule has 0 spiro atoms. The number of carbonyl (C=O) groups is 1. The van der Waals surface area contributed by atoms with Crippen LogP contribution in [0.5, 0.6) is 0 Å². The summed E-state index contributed by atoms with van der Waals surface area (Å²) in [6, 6.07) is 3.38. The number of furan rings is 1. The SMILES string of the molecule is C#C[C@@H]1C[C@@H]1C(=O)c1ccco1. The molecule has 2 nitrogen and oxygen atoms in total. The maximum Gasteiger partial charge on any atom is 0.202 e. The Balaban J connectivity index is 2.10. The Kier molecular flexibility index (Phi) is 1.51. The molecule has 1 aliphatic rings. The van der Waals surface area contributed by atoms with Crippen molar-refractivity contribution in [1.82, 2.24) is 0 Å². The van der Waals surface area contributed by atoms with Crippen LogP contribution in [-0.4, -0.2) is 5.78 Å². The van der Waals surface area contributed by atoms with Gasteiger partial charge in [0.15, 0.2) is 5.76 Å². The first-order valence-electron chi connectivity index (χ1n) is 3.87. The smallest absolute Gasteiger partial charge is 0.202 e. The van der Waals surface area contributed by atoms with Gasteiger partial charge in [0, 0.05) is 11.8 Å². The fraction of sp³-hybridized carbons (Fsp3) is 0.300. The standard InChI is InChI=1S/C10H8O2/c1-2-7-6-8(7)10(11)9-4-3-5-12-9/h1,3-5,7-8H,6H2/t7-,8+/m1/s1. The van der Waals surface area contributed by atoms with Crippen molar-refractivity contribution in [3.8, 4) is 12.3 Å². The minimum absolute atomic E-state index is 0.0150. The lowest BCUT2D eigenvalue weighted by molar-refractivity contribution is 0.0937. The summed E-state index contributed by atoms with van der Waals surface area (Å²) in [7, 11) is 0. The molecular formula is C10H8O2. The Morgan fingerprint density at radius 3 is 3.08 bits per heavy atom. The lowest BCUT2D eigenvalue weighted by atomic mass is 10.2. The van der Waals surface area contributed by atoms with Gasteiger partial charge in [-0.05, 0) is 18.6 Å². The van der Waals surface area contributed by atoms with Gasteiger partial charge in [0.25, 0.3) is 0 Å². The molecule has 1 aromatic rings. The highest BCUT2D eigenvalue weighted by atomic mass is 16.3. The lowest BCUT2D eigenvalue weighted by Gasteiger charge is -1.90. The topological polar surface area (TPSA) is 30.2 Å². The molecule has 0 N–H and O–H groups in total. The van der Waals surface area contributed by atoms with E-state index in [1.54, 1.807) is 12.1 Å². The Morgan fingerprint density at radius 1 is 1.75 bits per heavy atom. The van der Waals surface area contributed by atoms with E-state index in [1.165, 1.54) is 6.26 Å². The first kappa shape index (κ1) is 7.17. The van der Waals surface area contributed by atoms with E-state index < -0.39 is 0 Å². The summed E-state index contributed by atoms with van der Waals surface area (Å²) in [5.74, 6) is 3.20. The largest absolute Gasteiger partial charge is 0.461 e. The third-order valence-electron chi connectivity index (χ3n) is 2.11. The second kappa shape index (κ2) is 2.53. The van der Waals surface area contributed by atoms with E-state index in [0.717, 1.165) is 6.42 Å². The molecule has 0 aliphatic heterocycles. The van der Waals surface area contributed by atoms with Gasteiger partial charge in [0.05, 0.1) is 6.26 Å². The summed E-state index contributed by atoms with van der Waals surface area (Å²) < 4.78 is 4.97. The molecule has 1 heterocycles. The van der Waals surface area contributed by atoms with E-state index >= 15 is 0 Å². The molecule has 1 aromatic heterocycles. The molecule has 2 rings (SSSR count). The zero-order valence-corrected chi connectivity index (χ0v) is 6.49. The van der Waals surface area contributed by atoms with Gasteiger partial charge in [-0.3, -0.25) is 4.79 Å². The third-order valence-corrected chi connectivity index (χ3v) is 2.11. The van der Waals surface area contributed by atoms with Crippen LogP contribution in [0.1, 0.15) is 17.0 Å². The molecule has 0 unspecified atom stereocenters. The van der Waals surface area contributed by atoms with Crippen molar-refractivity contribution in [2.75, 3.05) is 0 Å². The fourth-order valence-corrected chi connectivity index (χ4v) is 1.27. The maximum absolute atomic E-state index is 11.4. The Bertz CT molecular complexity index is 329. The molecule has 1 saturated carbocycles. The van der Waals surface area contributed by atoms with E-state index in [1.807, 2.05) is 0 Å². The lowest BCUT2D eigenvalue weighted by Crippen LogP contribution is -2.00. The highest BCUT2D eigenvalue weighted by Crippen LogP contribution is 2.40. The molecular weight excluding hydrogens is 152 g/mol. The summed E-state index contributed by atoms with van der Waals surface area (Å²) >= 11 is 0. The van der Waals surface area contributed by atoms with Gasteiger partial charge in [0.2, 0.25) is 5.78 Å². The minimum atomic E-state index is 0.0150. The number of terminal acetylenes is 1. The van der Waals surface area contributed by atoms with Gasteiger partial charge in [-0.1, -0.05) is 0 Å². The molecule has 2 atom stereocenters.